The number of rotatable bonds is 6. The van der Waals surface area contributed by atoms with Gasteiger partial charge in [0.05, 0.1) is 18.0 Å². The maximum Gasteiger partial charge on any atom is 0.137 e. The van der Waals surface area contributed by atoms with Crippen LogP contribution in [-0.2, 0) is 17.7 Å². The Balaban J connectivity index is 1.61. The summed E-state index contributed by atoms with van der Waals surface area (Å²) in [7, 11) is 0. The van der Waals surface area contributed by atoms with Crippen molar-refractivity contribution in [2.75, 3.05) is 0 Å². The van der Waals surface area contributed by atoms with Crippen molar-refractivity contribution in [1.82, 2.24) is 14.8 Å². The SMILES string of the molecule is N#CC1(c2cc(CSc3ccc(O)cc3)cc(Cn3cncn3)c2)CCC1. The molecule has 6 heteroatoms. The third-order valence-corrected chi connectivity index (χ3v) is 6.16. The predicted molar refractivity (Wildman–Crippen MR) is 104 cm³/mol. The Kier molecular flexibility index (Phi) is 4.87. The second-order valence-electron chi connectivity index (χ2n) is 6.96. The maximum atomic E-state index is 9.76. The van der Waals surface area contributed by atoms with E-state index in [9.17, 15) is 10.4 Å². The van der Waals surface area contributed by atoms with Crippen molar-refractivity contribution >= 4 is 11.8 Å². The summed E-state index contributed by atoms with van der Waals surface area (Å²) in [6.07, 6.45) is 6.22. The van der Waals surface area contributed by atoms with Crippen molar-refractivity contribution in [1.29, 1.82) is 5.26 Å². The van der Waals surface area contributed by atoms with Gasteiger partial charge in [-0.25, -0.2) is 9.67 Å². The molecule has 1 N–H and O–H groups in total. The lowest BCUT2D eigenvalue weighted by molar-refractivity contribution is 0.323. The van der Waals surface area contributed by atoms with Crippen LogP contribution in [-0.4, -0.2) is 19.9 Å². The molecule has 1 aromatic heterocycles. The zero-order valence-corrected chi connectivity index (χ0v) is 15.7. The zero-order valence-electron chi connectivity index (χ0n) is 14.9. The minimum Gasteiger partial charge on any atom is -0.508 e. The van der Waals surface area contributed by atoms with E-state index in [0.29, 0.717) is 6.54 Å². The smallest absolute Gasteiger partial charge is 0.137 e. The van der Waals surface area contributed by atoms with Gasteiger partial charge >= 0.3 is 0 Å². The van der Waals surface area contributed by atoms with E-state index in [1.807, 2.05) is 12.1 Å². The number of nitriles is 1. The standard InChI is InChI=1S/C21H20N4OS/c22-13-21(6-1-7-21)18-9-16(11-25-15-23-14-24-25)8-17(10-18)12-27-20-4-2-19(26)3-5-20/h2-5,8-10,14-15,26H,1,6-7,11-12H2. The van der Waals surface area contributed by atoms with Gasteiger partial charge in [-0.05, 0) is 60.2 Å². The number of aromatic nitrogens is 3. The highest BCUT2D eigenvalue weighted by atomic mass is 32.2. The molecule has 1 aliphatic rings. The van der Waals surface area contributed by atoms with Gasteiger partial charge in [-0.2, -0.15) is 10.4 Å². The number of benzene rings is 2. The average Bonchev–Trinajstić information content (AvgIpc) is 3.14. The van der Waals surface area contributed by atoms with Crippen LogP contribution in [0.15, 0.2) is 60.0 Å². The molecule has 4 rings (SSSR count). The zero-order chi connectivity index (χ0) is 18.7. The summed E-state index contributed by atoms with van der Waals surface area (Å²) in [5, 5.41) is 23.4. The van der Waals surface area contributed by atoms with E-state index < -0.39 is 0 Å². The quantitative estimate of drug-likeness (QED) is 0.650. The van der Waals surface area contributed by atoms with Gasteiger partial charge in [-0.15, -0.1) is 11.8 Å². The van der Waals surface area contributed by atoms with E-state index in [1.165, 1.54) is 11.9 Å². The van der Waals surface area contributed by atoms with Crippen LogP contribution in [0.4, 0.5) is 0 Å². The van der Waals surface area contributed by atoms with Crippen LogP contribution in [0.1, 0.15) is 36.0 Å². The van der Waals surface area contributed by atoms with Crippen LogP contribution in [0.2, 0.25) is 0 Å². The number of phenolic OH excluding ortho intramolecular Hbond substituents is 1. The molecule has 0 saturated heterocycles. The molecule has 5 nitrogen and oxygen atoms in total. The molecule has 0 atom stereocenters. The Morgan fingerprint density at radius 2 is 1.93 bits per heavy atom. The van der Waals surface area contributed by atoms with Gasteiger partial charge < -0.3 is 5.11 Å². The number of phenols is 1. The monoisotopic (exact) mass is 376 g/mol. The van der Waals surface area contributed by atoms with Gasteiger partial charge in [0.2, 0.25) is 0 Å². The number of hydrogen-bond donors (Lipinski definition) is 1. The van der Waals surface area contributed by atoms with Crippen LogP contribution in [0, 0.1) is 11.3 Å². The molecule has 0 unspecified atom stereocenters. The predicted octanol–water partition coefficient (Wildman–Crippen LogP) is 4.27. The first kappa shape index (κ1) is 17.6. The van der Waals surface area contributed by atoms with Crippen molar-refractivity contribution in [3.63, 3.8) is 0 Å². The second kappa shape index (κ2) is 7.45. The van der Waals surface area contributed by atoms with Crippen LogP contribution >= 0.6 is 11.8 Å². The van der Waals surface area contributed by atoms with E-state index in [1.54, 1.807) is 34.9 Å². The molecular formula is C21H20N4OS. The first-order valence-corrected chi connectivity index (χ1v) is 9.94. The molecule has 0 aliphatic heterocycles. The largest absolute Gasteiger partial charge is 0.508 e. The molecule has 0 bridgehead atoms. The van der Waals surface area contributed by atoms with Crippen molar-refractivity contribution in [2.45, 2.75) is 41.9 Å². The molecular weight excluding hydrogens is 356 g/mol. The van der Waals surface area contributed by atoms with Crippen molar-refractivity contribution in [2.24, 2.45) is 0 Å². The van der Waals surface area contributed by atoms with Crippen LogP contribution in [0.5, 0.6) is 5.75 Å². The first-order valence-electron chi connectivity index (χ1n) is 8.96. The van der Waals surface area contributed by atoms with Crippen LogP contribution in [0.3, 0.4) is 0 Å². The Labute approximate surface area is 162 Å². The Hall–Kier alpha value is -2.78. The highest BCUT2D eigenvalue weighted by Gasteiger charge is 2.39. The summed E-state index contributed by atoms with van der Waals surface area (Å²) in [5.74, 6) is 1.09. The van der Waals surface area contributed by atoms with E-state index >= 15 is 0 Å². The normalized spacial score (nSPS) is 15.1. The van der Waals surface area contributed by atoms with Gasteiger partial charge in [0.25, 0.3) is 0 Å². The summed E-state index contributed by atoms with van der Waals surface area (Å²) in [5.41, 5.74) is 3.12. The third kappa shape index (κ3) is 3.83. The Morgan fingerprint density at radius 3 is 2.56 bits per heavy atom. The Morgan fingerprint density at radius 1 is 1.15 bits per heavy atom. The Bertz CT molecular complexity index is 957. The summed E-state index contributed by atoms with van der Waals surface area (Å²) < 4.78 is 1.80. The fraction of sp³-hybridized carbons (Fsp3) is 0.286. The number of aromatic hydroxyl groups is 1. The number of nitrogens with zero attached hydrogens (tertiary/aromatic N) is 4. The molecule has 136 valence electrons. The lowest BCUT2D eigenvalue weighted by Gasteiger charge is -2.36. The molecule has 1 saturated carbocycles. The second-order valence-corrected chi connectivity index (χ2v) is 8.01. The summed E-state index contributed by atoms with van der Waals surface area (Å²) in [6, 6.07) is 16.3. The minimum atomic E-state index is -0.337. The van der Waals surface area contributed by atoms with Gasteiger partial charge in [0, 0.05) is 10.6 Å². The van der Waals surface area contributed by atoms with Gasteiger partial charge in [0.15, 0.2) is 0 Å². The maximum absolute atomic E-state index is 9.76. The van der Waals surface area contributed by atoms with E-state index in [-0.39, 0.29) is 11.2 Å². The first-order chi connectivity index (χ1) is 13.2. The molecule has 1 heterocycles. The molecule has 0 amide bonds. The third-order valence-electron chi connectivity index (χ3n) is 5.08. The molecule has 0 radical (unpaired) electrons. The molecule has 0 spiro atoms. The minimum absolute atomic E-state index is 0.275. The lowest BCUT2D eigenvalue weighted by atomic mass is 9.65. The van der Waals surface area contributed by atoms with Crippen molar-refractivity contribution in [3.8, 4) is 11.8 Å². The number of hydrogen-bond acceptors (Lipinski definition) is 5. The molecule has 1 aliphatic carbocycles. The lowest BCUT2D eigenvalue weighted by Crippen LogP contribution is -2.32. The van der Waals surface area contributed by atoms with Gasteiger partial charge in [0.1, 0.15) is 18.4 Å². The van der Waals surface area contributed by atoms with E-state index in [2.05, 4.69) is 34.4 Å². The van der Waals surface area contributed by atoms with Gasteiger partial charge in [-0.3, -0.25) is 0 Å². The topological polar surface area (TPSA) is 74.7 Å². The van der Waals surface area contributed by atoms with Gasteiger partial charge in [-0.1, -0.05) is 18.2 Å². The average molecular weight is 376 g/mol. The van der Waals surface area contributed by atoms with E-state index in [0.717, 1.165) is 41.0 Å². The molecule has 27 heavy (non-hydrogen) atoms. The summed E-state index contributed by atoms with van der Waals surface area (Å²) in [6.45, 7) is 0.645. The number of thioether (sulfide) groups is 1. The fourth-order valence-corrected chi connectivity index (χ4v) is 4.25. The van der Waals surface area contributed by atoms with E-state index in [4.69, 9.17) is 0 Å². The van der Waals surface area contributed by atoms with Crippen molar-refractivity contribution < 1.29 is 5.11 Å². The van der Waals surface area contributed by atoms with Crippen LogP contribution < -0.4 is 0 Å². The highest BCUT2D eigenvalue weighted by molar-refractivity contribution is 7.98. The molecule has 3 aromatic rings. The highest BCUT2D eigenvalue weighted by Crippen LogP contribution is 2.44. The van der Waals surface area contributed by atoms with Crippen molar-refractivity contribution in [3.05, 3.63) is 71.8 Å². The molecule has 2 aromatic carbocycles. The fourth-order valence-electron chi connectivity index (χ4n) is 3.42. The summed E-state index contributed by atoms with van der Waals surface area (Å²) in [4.78, 5) is 5.12. The van der Waals surface area contributed by atoms with Crippen LogP contribution in [0.25, 0.3) is 0 Å². The summed E-state index contributed by atoms with van der Waals surface area (Å²) >= 11 is 1.72. The molecule has 1 fully saturated rings.